The van der Waals surface area contributed by atoms with Crippen LogP contribution in [0.5, 0.6) is 0 Å². The maximum atomic E-state index is 13.0. The Morgan fingerprint density at radius 1 is 1.00 bits per heavy atom. The number of carbonyl (C=O) groups is 1. The Kier molecular flexibility index (Phi) is 11.5. The Morgan fingerprint density at radius 2 is 1.58 bits per heavy atom. The van der Waals surface area contributed by atoms with Crippen molar-refractivity contribution in [2.24, 2.45) is 16.1 Å². The van der Waals surface area contributed by atoms with Gasteiger partial charge >= 0.3 is 6.18 Å². The van der Waals surface area contributed by atoms with E-state index >= 15 is 0 Å². The molecule has 0 bridgehead atoms. The van der Waals surface area contributed by atoms with Crippen molar-refractivity contribution in [3.8, 4) is 0 Å². The van der Waals surface area contributed by atoms with Crippen molar-refractivity contribution in [2.45, 2.75) is 46.3 Å². The molecule has 0 saturated heterocycles. The van der Waals surface area contributed by atoms with Crippen molar-refractivity contribution in [3.63, 3.8) is 0 Å². The van der Waals surface area contributed by atoms with Crippen LogP contribution < -0.4 is 16.4 Å². The van der Waals surface area contributed by atoms with E-state index in [4.69, 9.17) is 5.73 Å². The summed E-state index contributed by atoms with van der Waals surface area (Å²) in [6, 6.07) is 13.2. The summed E-state index contributed by atoms with van der Waals surface area (Å²) in [5.74, 6) is -0.384. The lowest BCUT2D eigenvalue weighted by Gasteiger charge is -2.25. The minimum absolute atomic E-state index is 0.000654. The van der Waals surface area contributed by atoms with Crippen LogP contribution >= 0.6 is 0 Å². The third-order valence-electron chi connectivity index (χ3n) is 6.54. The molecule has 2 rings (SSSR count). The fourth-order valence-electron chi connectivity index (χ4n) is 3.69. The highest BCUT2D eigenvalue weighted by Gasteiger charge is 2.30. The molecular formula is C29H40F3N5O. The molecule has 0 aliphatic carbocycles. The van der Waals surface area contributed by atoms with Gasteiger partial charge in [-0.25, -0.2) is 0 Å². The quantitative estimate of drug-likeness (QED) is 0.153. The lowest BCUT2D eigenvalue weighted by Crippen LogP contribution is -2.39. The van der Waals surface area contributed by atoms with Crippen LogP contribution in [0.1, 0.15) is 43.0 Å². The predicted molar refractivity (Wildman–Crippen MR) is 148 cm³/mol. The summed E-state index contributed by atoms with van der Waals surface area (Å²) in [6.07, 6.45) is -2.90. The van der Waals surface area contributed by atoms with E-state index in [1.54, 1.807) is 4.90 Å². The normalized spacial score (nSPS) is 12.4. The SMILES string of the molecule is C=C(C)C(C)(C)Cc1ccc(CCN(Cc2ccc(C(F)(F)F)cc2)C(N)=NC(=O)CNCCNC)cc1. The topological polar surface area (TPSA) is 82.8 Å². The Morgan fingerprint density at radius 3 is 2.13 bits per heavy atom. The molecule has 208 valence electrons. The Hall–Kier alpha value is -3.17. The van der Waals surface area contributed by atoms with Gasteiger partial charge < -0.3 is 21.3 Å². The van der Waals surface area contributed by atoms with Crippen LogP contribution in [0.15, 0.2) is 65.7 Å². The van der Waals surface area contributed by atoms with Gasteiger partial charge in [0.05, 0.1) is 12.1 Å². The van der Waals surface area contributed by atoms with Crippen LogP contribution in [0, 0.1) is 5.41 Å². The number of nitrogens with two attached hydrogens (primary N) is 1. The maximum absolute atomic E-state index is 13.0. The molecule has 9 heteroatoms. The summed E-state index contributed by atoms with van der Waals surface area (Å²) in [6.45, 7) is 12.5. The Balaban J connectivity index is 2.14. The first-order valence-electron chi connectivity index (χ1n) is 12.7. The minimum Gasteiger partial charge on any atom is -0.369 e. The maximum Gasteiger partial charge on any atom is 0.416 e. The Bertz CT molecular complexity index is 1080. The van der Waals surface area contributed by atoms with Crippen LogP contribution in [-0.4, -0.2) is 50.0 Å². The van der Waals surface area contributed by atoms with E-state index in [1.165, 1.54) is 17.7 Å². The summed E-state index contributed by atoms with van der Waals surface area (Å²) in [5.41, 5.74) is 9.54. The first kappa shape index (κ1) is 31.1. The van der Waals surface area contributed by atoms with E-state index in [2.05, 4.69) is 60.3 Å². The van der Waals surface area contributed by atoms with Crippen molar-refractivity contribution in [1.82, 2.24) is 15.5 Å². The number of nitrogens with one attached hydrogen (secondary N) is 2. The molecule has 0 aliphatic heterocycles. The van der Waals surface area contributed by atoms with Crippen molar-refractivity contribution in [3.05, 3.63) is 82.9 Å². The number of carbonyl (C=O) groups excluding carboxylic acids is 1. The number of amides is 1. The number of nitrogens with zero attached hydrogens (tertiary/aromatic N) is 2. The average Bonchev–Trinajstić information content (AvgIpc) is 2.84. The van der Waals surface area contributed by atoms with Crippen LogP contribution in [0.3, 0.4) is 0 Å². The number of hydrogen-bond donors (Lipinski definition) is 3. The van der Waals surface area contributed by atoms with Crippen LogP contribution in [0.4, 0.5) is 13.2 Å². The molecule has 0 heterocycles. The third-order valence-corrected chi connectivity index (χ3v) is 6.54. The first-order chi connectivity index (χ1) is 17.8. The van der Waals surface area contributed by atoms with Gasteiger partial charge in [-0.3, -0.25) is 4.79 Å². The van der Waals surface area contributed by atoms with Gasteiger partial charge in [-0.15, -0.1) is 0 Å². The predicted octanol–water partition coefficient (Wildman–Crippen LogP) is 4.55. The minimum atomic E-state index is -4.41. The standard InChI is InChI=1S/C29H40F3N5O/c1-21(2)28(3,4)18-23-8-6-22(7-9-23)14-17-37(27(33)36-26(38)19-35-16-15-34-5)20-24-10-12-25(13-11-24)29(30,31)32/h6-13,34-35H,1,14-20H2,2-5H3,(H2,33,36,38). The summed E-state index contributed by atoms with van der Waals surface area (Å²) in [7, 11) is 1.81. The molecule has 0 fully saturated rings. The molecular weight excluding hydrogens is 491 g/mol. The second-order valence-corrected chi connectivity index (χ2v) is 10.2. The fraction of sp³-hybridized carbons (Fsp3) is 0.448. The van der Waals surface area contributed by atoms with Gasteiger partial charge in [0.1, 0.15) is 0 Å². The molecule has 2 aromatic rings. The van der Waals surface area contributed by atoms with Crippen molar-refractivity contribution in [1.29, 1.82) is 0 Å². The van der Waals surface area contributed by atoms with E-state index in [0.717, 1.165) is 29.7 Å². The summed E-state index contributed by atoms with van der Waals surface area (Å²) < 4.78 is 38.9. The molecule has 1 amide bonds. The molecule has 38 heavy (non-hydrogen) atoms. The molecule has 0 saturated carbocycles. The number of allylic oxidation sites excluding steroid dienone is 1. The van der Waals surface area contributed by atoms with Gasteiger partial charge in [0, 0.05) is 26.2 Å². The molecule has 0 aromatic heterocycles. The number of benzene rings is 2. The number of guanidine groups is 1. The molecule has 0 atom stereocenters. The molecule has 4 N–H and O–H groups in total. The summed E-state index contributed by atoms with van der Waals surface area (Å²) >= 11 is 0. The first-order valence-corrected chi connectivity index (χ1v) is 12.7. The number of rotatable bonds is 13. The third kappa shape index (κ3) is 10.3. The highest BCUT2D eigenvalue weighted by molar-refractivity contribution is 5.93. The molecule has 0 unspecified atom stereocenters. The second kappa shape index (κ2) is 14.1. The molecule has 6 nitrogen and oxygen atoms in total. The van der Waals surface area contributed by atoms with Gasteiger partial charge in [0.25, 0.3) is 5.91 Å². The largest absolute Gasteiger partial charge is 0.416 e. The van der Waals surface area contributed by atoms with E-state index in [0.29, 0.717) is 31.6 Å². The van der Waals surface area contributed by atoms with Crippen molar-refractivity contribution < 1.29 is 18.0 Å². The second-order valence-electron chi connectivity index (χ2n) is 10.2. The average molecular weight is 532 g/mol. The zero-order valence-electron chi connectivity index (χ0n) is 22.8. The number of likely N-dealkylation sites (N-methyl/N-ethyl adjacent to an activating group) is 1. The molecule has 0 spiro atoms. The smallest absolute Gasteiger partial charge is 0.369 e. The van der Waals surface area contributed by atoms with Gasteiger partial charge in [0.15, 0.2) is 5.96 Å². The van der Waals surface area contributed by atoms with E-state index in [1.807, 2.05) is 14.0 Å². The van der Waals surface area contributed by atoms with Gasteiger partial charge in [0.2, 0.25) is 0 Å². The monoisotopic (exact) mass is 531 g/mol. The summed E-state index contributed by atoms with van der Waals surface area (Å²) in [5, 5.41) is 5.96. The van der Waals surface area contributed by atoms with Crippen LogP contribution in [-0.2, 0) is 30.4 Å². The van der Waals surface area contributed by atoms with E-state index < -0.39 is 17.6 Å². The number of hydrogen-bond acceptors (Lipinski definition) is 3. The zero-order chi connectivity index (χ0) is 28.3. The van der Waals surface area contributed by atoms with Gasteiger partial charge in [-0.2, -0.15) is 18.2 Å². The molecule has 0 radical (unpaired) electrons. The van der Waals surface area contributed by atoms with Crippen LogP contribution in [0.2, 0.25) is 0 Å². The van der Waals surface area contributed by atoms with E-state index in [-0.39, 0.29) is 24.5 Å². The Labute approximate surface area is 224 Å². The summed E-state index contributed by atoms with van der Waals surface area (Å²) in [4.78, 5) is 18.0. The molecule has 2 aromatic carbocycles. The molecule has 0 aliphatic rings. The van der Waals surface area contributed by atoms with Crippen molar-refractivity contribution >= 4 is 11.9 Å². The van der Waals surface area contributed by atoms with Gasteiger partial charge in [-0.1, -0.05) is 62.4 Å². The fourth-order valence-corrected chi connectivity index (χ4v) is 3.69. The van der Waals surface area contributed by atoms with E-state index in [9.17, 15) is 18.0 Å². The van der Waals surface area contributed by atoms with Crippen molar-refractivity contribution in [2.75, 3.05) is 33.2 Å². The number of aliphatic imine (C=N–C) groups is 1. The number of alkyl halides is 3. The highest BCUT2D eigenvalue weighted by Crippen LogP contribution is 2.30. The highest BCUT2D eigenvalue weighted by atomic mass is 19.4. The number of halogens is 3. The van der Waals surface area contributed by atoms with Crippen LogP contribution in [0.25, 0.3) is 0 Å². The lowest BCUT2D eigenvalue weighted by atomic mass is 9.80. The lowest BCUT2D eigenvalue weighted by molar-refractivity contribution is -0.137. The van der Waals surface area contributed by atoms with Gasteiger partial charge in [-0.05, 0) is 61.1 Å². The zero-order valence-corrected chi connectivity index (χ0v) is 22.8.